The maximum atomic E-state index is 6.90. The molecule has 13 rings (SSSR count). The van der Waals surface area contributed by atoms with Crippen LogP contribution in [0.5, 0.6) is 17.2 Å². The molecule has 0 radical (unpaired) electrons. The van der Waals surface area contributed by atoms with Gasteiger partial charge in [-0.05, 0) is 196 Å². The van der Waals surface area contributed by atoms with Crippen molar-refractivity contribution in [3.8, 4) is 50.6 Å². The van der Waals surface area contributed by atoms with Crippen molar-refractivity contribution in [2.24, 2.45) is 0 Å². The van der Waals surface area contributed by atoms with Crippen LogP contribution in [-0.2, 0) is 35.4 Å². The van der Waals surface area contributed by atoms with Gasteiger partial charge in [0.15, 0.2) is 17.2 Å². The summed E-state index contributed by atoms with van der Waals surface area (Å²) in [6.45, 7) is 0. The van der Waals surface area contributed by atoms with Gasteiger partial charge in [0.1, 0.15) is 0 Å². The molecule has 0 saturated carbocycles. The van der Waals surface area contributed by atoms with Gasteiger partial charge in [0.2, 0.25) is 19.2 Å². The van der Waals surface area contributed by atoms with Crippen molar-refractivity contribution in [3.63, 3.8) is 0 Å². The molecule has 348 valence electrons. The van der Waals surface area contributed by atoms with Gasteiger partial charge in [-0.2, -0.15) is 0 Å². The van der Waals surface area contributed by atoms with Gasteiger partial charge < -0.3 is 13.6 Å². The van der Waals surface area contributed by atoms with Crippen LogP contribution in [0, 0.1) is 0 Å². The Labute approximate surface area is 434 Å². The van der Waals surface area contributed by atoms with E-state index < -0.39 is 19.2 Å². The number of anilines is 6. The molecule has 10 aromatic carbocycles. The summed E-state index contributed by atoms with van der Waals surface area (Å²) < 4.78 is 27.4. The Bertz CT molecular complexity index is 3490. The largest absolute Gasteiger partial charge is 0.442 e. The molecule has 0 saturated heterocycles. The topological polar surface area (TPSA) is 37.4 Å². The fourth-order valence-electron chi connectivity index (χ4n) is 9.87. The zero-order chi connectivity index (χ0) is 48.4. The van der Waals surface area contributed by atoms with Gasteiger partial charge in [-0.3, -0.25) is 14.0 Å². The number of hydrogen-bond donors (Lipinski definition) is 0. The van der Waals surface area contributed by atoms with Crippen molar-refractivity contribution in [2.45, 2.75) is 0 Å². The quantitative estimate of drug-likeness (QED) is 0.131. The van der Waals surface area contributed by atoms with Crippen LogP contribution in [0.3, 0.4) is 0 Å². The van der Waals surface area contributed by atoms with Crippen molar-refractivity contribution < 1.29 is 13.6 Å². The highest BCUT2D eigenvalue weighted by Gasteiger charge is 2.43. The van der Waals surface area contributed by atoms with Gasteiger partial charge in [0.05, 0.1) is 17.1 Å². The fourth-order valence-corrected chi connectivity index (χ4v) is 20.2. The third-order valence-electron chi connectivity index (χ3n) is 13.2. The number of para-hydroxylation sites is 9. The molecule has 0 aliphatic carbocycles. The fraction of sp³-hybridized carbons (Fsp3) is 0. The minimum atomic E-state index is -2.88. The van der Waals surface area contributed by atoms with Crippen molar-refractivity contribution in [2.75, 3.05) is 14.0 Å². The van der Waals surface area contributed by atoms with E-state index in [1.807, 2.05) is 109 Å². The zero-order valence-electron chi connectivity index (χ0n) is 38.4. The van der Waals surface area contributed by atoms with Gasteiger partial charge in [0, 0.05) is 33.0 Å². The van der Waals surface area contributed by atoms with Crippen molar-refractivity contribution in [1.82, 2.24) is 0 Å². The standard InChI is InChI=1S/C60H42N3O3P3S3/c70-67(61(49-22-4-1-5-23-49)55-31-10-13-34-58(55)64-67)52-28-16-19-43(40-52)46-37-47(44-20-17-29-53(41-44)68(71)62(50-24-6-2-7-25-50)56-32-11-14-35-59(56)65-68)39-48(38-46)45-21-18-30-54(42-45)69(72)63(51-26-8-3-9-27-51)57-33-12-15-36-60(57)66-69/h1-42H. The van der Waals surface area contributed by atoms with Gasteiger partial charge in [-0.1, -0.05) is 127 Å². The van der Waals surface area contributed by atoms with Crippen LogP contribution in [-0.4, -0.2) is 0 Å². The van der Waals surface area contributed by atoms with E-state index in [0.29, 0.717) is 0 Å². The van der Waals surface area contributed by atoms with Gasteiger partial charge in [0.25, 0.3) is 0 Å². The number of fused-ring (bicyclic) bond motifs is 3. The van der Waals surface area contributed by atoms with Gasteiger partial charge in [-0.15, -0.1) is 0 Å². The molecule has 12 heteroatoms. The van der Waals surface area contributed by atoms with Crippen LogP contribution in [0.1, 0.15) is 0 Å². The molecule has 10 aromatic rings. The summed E-state index contributed by atoms with van der Waals surface area (Å²) in [5, 5.41) is 2.83. The van der Waals surface area contributed by atoms with Gasteiger partial charge in [-0.25, -0.2) is 0 Å². The van der Waals surface area contributed by atoms with E-state index in [0.717, 1.165) is 101 Å². The molecule has 0 spiro atoms. The predicted octanol–water partition coefficient (Wildman–Crippen LogP) is 16.2. The lowest BCUT2D eigenvalue weighted by atomic mass is 9.93. The minimum Gasteiger partial charge on any atom is -0.442 e. The number of rotatable bonds is 9. The molecular formula is C60H42N3O3P3S3. The highest BCUT2D eigenvalue weighted by molar-refractivity contribution is 8.18. The lowest BCUT2D eigenvalue weighted by Gasteiger charge is -2.29. The van der Waals surface area contributed by atoms with E-state index in [-0.39, 0.29) is 0 Å². The van der Waals surface area contributed by atoms with E-state index in [2.05, 4.69) is 160 Å². The van der Waals surface area contributed by atoms with E-state index in [1.165, 1.54) is 0 Å². The first-order valence-corrected chi connectivity index (χ1v) is 31.5. The van der Waals surface area contributed by atoms with Crippen LogP contribution < -0.4 is 43.5 Å². The Morgan fingerprint density at radius 3 is 0.806 bits per heavy atom. The van der Waals surface area contributed by atoms with Crippen LogP contribution in [0.4, 0.5) is 34.1 Å². The Morgan fingerprint density at radius 2 is 0.514 bits per heavy atom. The lowest BCUT2D eigenvalue weighted by Crippen LogP contribution is -2.20. The second-order valence-corrected chi connectivity index (χ2v) is 28.5. The molecular weight excluding hydrogens is 1000 g/mol. The monoisotopic (exact) mass is 1040 g/mol. The maximum absolute atomic E-state index is 6.90. The summed E-state index contributed by atoms with van der Waals surface area (Å²) in [5.74, 6) is 2.34. The van der Waals surface area contributed by atoms with E-state index in [9.17, 15) is 0 Å². The molecule has 0 bridgehead atoms. The van der Waals surface area contributed by atoms with E-state index in [1.54, 1.807) is 0 Å². The summed E-state index contributed by atoms with van der Waals surface area (Å²) in [6, 6.07) is 87.9. The van der Waals surface area contributed by atoms with Crippen LogP contribution in [0.2, 0.25) is 0 Å². The van der Waals surface area contributed by atoms with Crippen LogP contribution in [0.25, 0.3) is 33.4 Å². The summed E-state index contributed by atoms with van der Waals surface area (Å²) >= 11 is 20.2. The first-order valence-electron chi connectivity index (χ1n) is 23.5. The van der Waals surface area contributed by atoms with Crippen LogP contribution in [0.15, 0.2) is 255 Å². The summed E-state index contributed by atoms with van der Waals surface area (Å²) in [4.78, 5) is 0. The third-order valence-corrected chi connectivity index (χ3v) is 24.3. The lowest BCUT2D eigenvalue weighted by molar-refractivity contribution is 0.640. The Hall–Kier alpha value is -7.05. The molecule has 3 aliphatic rings. The highest BCUT2D eigenvalue weighted by Crippen LogP contribution is 2.67. The second-order valence-electron chi connectivity index (χ2n) is 17.6. The molecule has 3 atom stereocenters. The molecule has 0 aromatic heterocycles. The van der Waals surface area contributed by atoms with Crippen molar-refractivity contribution >= 4 is 105 Å². The summed E-state index contributed by atoms with van der Waals surface area (Å²) in [5.41, 5.74) is 11.9. The number of hydrogen-bond acceptors (Lipinski definition) is 6. The highest BCUT2D eigenvalue weighted by atomic mass is 32.5. The van der Waals surface area contributed by atoms with Crippen molar-refractivity contribution in [3.05, 3.63) is 255 Å². The molecule has 0 amide bonds. The average Bonchev–Trinajstić information content (AvgIpc) is 4.06. The molecule has 72 heavy (non-hydrogen) atoms. The first kappa shape index (κ1) is 44.9. The number of nitrogens with zero attached hydrogens (tertiary/aromatic N) is 3. The third kappa shape index (κ3) is 7.54. The van der Waals surface area contributed by atoms with Crippen LogP contribution >= 0.6 is 19.2 Å². The smallest absolute Gasteiger partial charge is 0.239 e. The summed E-state index contributed by atoms with van der Waals surface area (Å²) in [6.07, 6.45) is -8.63. The maximum Gasteiger partial charge on any atom is 0.239 e. The SMILES string of the molecule is S=P1(c2cccc(-c3cc(-c4cccc(P5(=S)Oc6ccccc6N5c5ccccc5)c4)cc(-c4cccc(P5(=S)Oc6ccccc6N5c5ccccc5)c4)c3)c2)Oc2ccccc2N1c1ccccc1. The van der Waals surface area contributed by atoms with Crippen molar-refractivity contribution in [1.29, 1.82) is 0 Å². The molecule has 3 aliphatic heterocycles. The second kappa shape index (κ2) is 17.9. The molecule has 6 nitrogen and oxygen atoms in total. The Balaban J connectivity index is 0.963. The normalized spacial score (nSPS) is 19.4. The van der Waals surface area contributed by atoms with E-state index in [4.69, 9.17) is 49.0 Å². The molecule has 3 heterocycles. The zero-order valence-corrected chi connectivity index (χ0v) is 43.5. The Kier molecular flexibility index (Phi) is 11.2. The first-order chi connectivity index (χ1) is 35.3. The number of benzene rings is 10. The predicted molar refractivity (Wildman–Crippen MR) is 311 cm³/mol. The average molecular weight is 1040 g/mol. The van der Waals surface area contributed by atoms with Gasteiger partial charge >= 0.3 is 0 Å². The summed E-state index contributed by atoms with van der Waals surface area (Å²) in [7, 11) is 0. The van der Waals surface area contributed by atoms with E-state index >= 15 is 0 Å². The minimum absolute atomic E-state index is 0.782. The molecule has 0 fully saturated rings. The molecule has 3 unspecified atom stereocenters. The Morgan fingerprint density at radius 1 is 0.250 bits per heavy atom. The molecule has 0 N–H and O–H groups in total.